The van der Waals surface area contributed by atoms with E-state index in [4.69, 9.17) is 11.6 Å². The summed E-state index contributed by atoms with van der Waals surface area (Å²) in [6, 6.07) is 9.67. The molecular formula is C19H16ClF2NO. The molecule has 1 aliphatic carbocycles. The Morgan fingerprint density at radius 2 is 2.00 bits per heavy atom. The van der Waals surface area contributed by atoms with Crippen molar-refractivity contribution >= 4 is 23.2 Å². The van der Waals surface area contributed by atoms with Crippen LogP contribution < -0.4 is 4.90 Å². The number of benzene rings is 2. The van der Waals surface area contributed by atoms with Crippen molar-refractivity contribution in [2.45, 2.75) is 25.2 Å². The number of rotatable bonds is 2. The van der Waals surface area contributed by atoms with Gasteiger partial charge in [-0.1, -0.05) is 29.8 Å². The minimum atomic E-state index is -0.649. The average molecular weight is 348 g/mol. The van der Waals surface area contributed by atoms with Crippen LogP contribution in [0.25, 0.3) is 0 Å². The Balaban J connectivity index is 1.61. The third-order valence-electron chi connectivity index (χ3n) is 4.91. The second kappa shape index (κ2) is 5.85. The summed E-state index contributed by atoms with van der Waals surface area (Å²) < 4.78 is 27.6. The van der Waals surface area contributed by atoms with Gasteiger partial charge in [-0.2, -0.15) is 0 Å². The van der Waals surface area contributed by atoms with Gasteiger partial charge in [-0.25, -0.2) is 8.78 Å². The van der Waals surface area contributed by atoms with Crippen LogP contribution in [0.1, 0.15) is 29.9 Å². The van der Waals surface area contributed by atoms with Gasteiger partial charge in [0.25, 0.3) is 0 Å². The molecule has 0 N–H and O–H groups in total. The number of nitrogens with zero attached hydrogens (tertiary/aromatic N) is 1. The maximum absolute atomic E-state index is 14.0. The van der Waals surface area contributed by atoms with Crippen LogP contribution in [0.4, 0.5) is 14.5 Å². The topological polar surface area (TPSA) is 20.3 Å². The molecule has 2 atom stereocenters. The lowest BCUT2D eigenvalue weighted by Crippen LogP contribution is -2.37. The van der Waals surface area contributed by atoms with E-state index in [9.17, 15) is 13.6 Å². The summed E-state index contributed by atoms with van der Waals surface area (Å²) in [4.78, 5) is 14.4. The lowest BCUT2D eigenvalue weighted by Gasteiger charge is -2.30. The third kappa shape index (κ3) is 2.59. The molecule has 1 heterocycles. The molecule has 0 spiro atoms. The van der Waals surface area contributed by atoms with Gasteiger partial charge in [-0.05, 0) is 42.9 Å². The van der Waals surface area contributed by atoms with Crippen molar-refractivity contribution in [1.82, 2.24) is 0 Å². The van der Waals surface area contributed by atoms with Crippen LogP contribution in [-0.4, -0.2) is 12.5 Å². The lowest BCUT2D eigenvalue weighted by molar-refractivity contribution is -0.120. The highest BCUT2D eigenvalue weighted by Crippen LogP contribution is 2.51. The molecule has 2 nitrogen and oxygen atoms in total. The smallest absolute Gasteiger partial charge is 0.230 e. The van der Waals surface area contributed by atoms with Crippen LogP contribution in [0.5, 0.6) is 0 Å². The molecule has 1 aliphatic heterocycles. The average Bonchev–Trinajstić information content (AvgIpc) is 3.34. The van der Waals surface area contributed by atoms with Crippen molar-refractivity contribution in [3.05, 3.63) is 64.2 Å². The summed E-state index contributed by atoms with van der Waals surface area (Å²) in [5.74, 6) is -1.35. The summed E-state index contributed by atoms with van der Waals surface area (Å²) in [6.45, 7) is 0.500. The van der Waals surface area contributed by atoms with E-state index in [1.807, 2.05) is 24.3 Å². The Kier molecular flexibility index (Phi) is 3.80. The first-order valence-electron chi connectivity index (χ1n) is 8.10. The lowest BCUT2D eigenvalue weighted by atomic mass is 10.00. The number of amides is 1. The van der Waals surface area contributed by atoms with E-state index in [1.54, 1.807) is 4.90 Å². The molecule has 2 aliphatic rings. The second-order valence-corrected chi connectivity index (χ2v) is 6.86. The summed E-state index contributed by atoms with van der Waals surface area (Å²) in [5.41, 5.74) is 1.79. The van der Waals surface area contributed by atoms with Crippen LogP contribution in [0.2, 0.25) is 5.02 Å². The normalized spacial score (nSPS) is 22.2. The number of fused-ring (bicyclic) bond motifs is 1. The molecule has 0 aromatic heterocycles. The van der Waals surface area contributed by atoms with E-state index in [1.165, 1.54) is 6.07 Å². The van der Waals surface area contributed by atoms with Crippen LogP contribution in [0.15, 0.2) is 36.4 Å². The van der Waals surface area contributed by atoms with Gasteiger partial charge < -0.3 is 4.90 Å². The minimum Gasteiger partial charge on any atom is -0.312 e. The largest absolute Gasteiger partial charge is 0.312 e. The van der Waals surface area contributed by atoms with Gasteiger partial charge in [-0.3, -0.25) is 4.79 Å². The maximum atomic E-state index is 14.0. The van der Waals surface area contributed by atoms with Gasteiger partial charge in [0.15, 0.2) is 0 Å². The maximum Gasteiger partial charge on any atom is 0.230 e. The number of hydrogen-bond acceptors (Lipinski definition) is 1. The zero-order chi connectivity index (χ0) is 16.8. The highest BCUT2D eigenvalue weighted by molar-refractivity contribution is 6.31. The number of anilines is 1. The highest BCUT2D eigenvalue weighted by atomic mass is 35.5. The molecule has 24 heavy (non-hydrogen) atoms. The van der Waals surface area contributed by atoms with E-state index >= 15 is 0 Å². The second-order valence-electron chi connectivity index (χ2n) is 6.45. The zero-order valence-corrected chi connectivity index (χ0v) is 13.7. The van der Waals surface area contributed by atoms with Crippen LogP contribution in [-0.2, 0) is 11.2 Å². The van der Waals surface area contributed by atoms with E-state index in [-0.39, 0.29) is 17.7 Å². The molecule has 0 saturated heterocycles. The summed E-state index contributed by atoms with van der Waals surface area (Å²) in [5, 5.41) is 0.661. The molecule has 124 valence electrons. The predicted octanol–water partition coefficient (Wildman–Crippen LogP) is 4.70. The number of hydrogen-bond donors (Lipinski definition) is 0. The first-order valence-corrected chi connectivity index (χ1v) is 8.48. The molecule has 4 rings (SSSR count). The summed E-state index contributed by atoms with van der Waals surface area (Å²) in [7, 11) is 0. The third-order valence-corrected chi connectivity index (χ3v) is 5.26. The van der Waals surface area contributed by atoms with Crippen molar-refractivity contribution in [3.8, 4) is 0 Å². The van der Waals surface area contributed by atoms with E-state index < -0.39 is 11.6 Å². The standard InChI is InChI=1S/C19H16ClF2NO/c20-16-6-2-1-4-12(16)14-10-15(14)19(24)23-7-3-5-13-17(22)8-11(21)9-18(13)23/h1-2,4,6,8-9,14-15H,3,5,7,10H2. The predicted molar refractivity (Wildman–Crippen MR) is 89.3 cm³/mol. The molecule has 2 aromatic carbocycles. The fourth-order valence-electron chi connectivity index (χ4n) is 3.63. The molecule has 1 fully saturated rings. The first kappa shape index (κ1) is 15.6. The quantitative estimate of drug-likeness (QED) is 0.771. The first-order chi connectivity index (χ1) is 11.6. The van der Waals surface area contributed by atoms with Crippen LogP contribution in [0.3, 0.4) is 0 Å². The Bertz CT molecular complexity index is 823. The van der Waals surface area contributed by atoms with Gasteiger partial charge in [-0.15, -0.1) is 0 Å². The monoisotopic (exact) mass is 347 g/mol. The highest BCUT2D eigenvalue weighted by Gasteiger charge is 2.47. The van der Waals surface area contributed by atoms with Crippen molar-refractivity contribution in [1.29, 1.82) is 0 Å². The van der Waals surface area contributed by atoms with Gasteiger partial charge in [0.2, 0.25) is 5.91 Å². The molecule has 5 heteroatoms. The van der Waals surface area contributed by atoms with Crippen LogP contribution >= 0.6 is 11.6 Å². The van der Waals surface area contributed by atoms with Crippen molar-refractivity contribution in [3.63, 3.8) is 0 Å². The van der Waals surface area contributed by atoms with Gasteiger partial charge in [0, 0.05) is 29.1 Å². The molecule has 1 amide bonds. The van der Waals surface area contributed by atoms with E-state index in [0.717, 1.165) is 18.1 Å². The molecule has 0 bridgehead atoms. The number of carbonyl (C=O) groups excluding carboxylic acids is 1. The molecule has 2 aromatic rings. The minimum absolute atomic E-state index is 0.0640. The molecule has 1 saturated carbocycles. The zero-order valence-electron chi connectivity index (χ0n) is 12.9. The number of carbonyl (C=O) groups is 1. The molecule has 2 unspecified atom stereocenters. The number of halogens is 3. The van der Waals surface area contributed by atoms with E-state index in [0.29, 0.717) is 35.7 Å². The summed E-state index contributed by atoms with van der Waals surface area (Å²) in [6.07, 6.45) is 1.95. The summed E-state index contributed by atoms with van der Waals surface area (Å²) >= 11 is 6.21. The Morgan fingerprint density at radius 3 is 2.79 bits per heavy atom. The van der Waals surface area contributed by atoms with Crippen LogP contribution in [0, 0.1) is 17.6 Å². The molecule has 0 radical (unpaired) electrons. The van der Waals surface area contributed by atoms with Crippen molar-refractivity contribution < 1.29 is 13.6 Å². The Labute approximate surface area is 144 Å². The fraction of sp³-hybridized carbons (Fsp3) is 0.316. The van der Waals surface area contributed by atoms with Gasteiger partial charge in [0.05, 0.1) is 5.69 Å². The van der Waals surface area contributed by atoms with E-state index in [2.05, 4.69) is 0 Å². The van der Waals surface area contributed by atoms with Gasteiger partial charge >= 0.3 is 0 Å². The fourth-order valence-corrected chi connectivity index (χ4v) is 3.91. The van der Waals surface area contributed by atoms with Gasteiger partial charge in [0.1, 0.15) is 11.6 Å². The Hall–Kier alpha value is -1.94. The van der Waals surface area contributed by atoms with Crippen molar-refractivity contribution in [2.75, 3.05) is 11.4 Å². The SMILES string of the molecule is O=C(C1CC1c1ccccc1Cl)N1CCCc2c(F)cc(F)cc21. The Morgan fingerprint density at radius 1 is 1.21 bits per heavy atom. The molecular weight excluding hydrogens is 332 g/mol. The van der Waals surface area contributed by atoms with Crippen molar-refractivity contribution in [2.24, 2.45) is 5.92 Å².